The molecule has 1 rings (SSSR count). The minimum Gasteiger partial charge on any atom is -0.395 e. The molecule has 0 aromatic rings. The maximum Gasteiger partial charge on any atom is 0.227 e. The monoisotopic (exact) mass is 266 g/mol. The molecule has 5 heteroatoms. The summed E-state index contributed by atoms with van der Waals surface area (Å²) in [7, 11) is -3.52. The van der Waals surface area contributed by atoms with Crippen LogP contribution in [0.1, 0.15) is 0 Å². The van der Waals surface area contributed by atoms with Gasteiger partial charge in [-0.05, 0) is 6.04 Å². The molecule has 1 aliphatic heterocycles. The smallest absolute Gasteiger partial charge is 0.227 e. The van der Waals surface area contributed by atoms with E-state index in [2.05, 4.69) is 26.3 Å². The molecule has 1 aliphatic rings. The van der Waals surface area contributed by atoms with Crippen molar-refractivity contribution in [1.29, 1.82) is 0 Å². The van der Waals surface area contributed by atoms with Crippen LogP contribution in [-0.4, -0.2) is 26.4 Å². The van der Waals surface area contributed by atoms with E-state index in [4.69, 9.17) is 27.6 Å². The van der Waals surface area contributed by atoms with Gasteiger partial charge < -0.3 is 4.43 Å². The summed E-state index contributed by atoms with van der Waals surface area (Å²) in [5.74, 6) is 0. The Hall–Kier alpha value is 0.454. The van der Waals surface area contributed by atoms with Crippen molar-refractivity contribution in [2.24, 2.45) is 0 Å². The topological polar surface area (TPSA) is 9.23 Å². The van der Waals surface area contributed by atoms with Gasteiger partial charge in [0.2, 0.25) is 7.83 Å². The minimum atomic E-state index is -2.01. The summed E-state index contributed by atoms with van der Waals surface area (Å²) in [6.45, 7) is 12.3. The highest BCUT2D eigenvalue weighted by Crippen LogP contribution is 2.38. The summed E-state index contributed by atoms with van der Waals surface area (Å²) in [6.07, 6.45) is 0. The maximum atomic E-state index is 6.12. The molecule has 2 atom stereocenters. The van der Waals surface area contributed by atoms with Crippen molar-refractivity contribution in [2.45, 2.75) is 30.1 Å². The van der Waals surface area contributed by atoms with Crippen LogP contribution < -0.4 is 0 Å². The summed E-state index contributed by atoms with van der Waals surface area (Å²) in [5, 5.41) is -0.0705. The molecule has 0 spiro atoms. The number of alkyl halides is 2. The second-order valence-electron chi connectivity index (χ2n) is 4.27. The third-order valence-electron chi connectivity index (χ3n) is 2.96. The average molecular weight is 267 g/mol. The molecule has 0 N–H and O–H groups in total. The van der Waals surface area contributed by atoms with Crippen LogP contribution in [0.2, 0.25) is 19.1 Å². The Bertz CT molecular complexity index is 247. The number of hydrogen-bond donors (Lipinski definition) is 0. The van der Waals surface area contributed by atoms with Crippen LogP contribution in [0.15, 0.2) is 24.6 Å². The second kappa shape index (κ2) is 4.14. The first kappa shape index (κ1) is 12.5. The molecule has 0 aromatic carbocycles. The van der Waals surface area contributed by atoms with Gasteiger partial charge in [-0.3, -0.25) is 0 Å². The van der Waals surface area contributed by atoms with E-state index in [1.165, 1.54) is 0 Å². The van der Waals surface area contributed by atoms with E-state index in [9.17, 15) is 0 Å². The van der Waals surface area contributed by atoms with Gasteiger partial charge in [0.15, 0.2) is 0 Å². The van der Waals surface area contributed by atoms with Crippen molar-refractivity contribution in [2.75, 3.05) is 0 Å². The molecule has 14 heavy (non-hydrogen) atoms. The highest BCUT2D eigenvalue weighted by molar-refractivity contribution is 7.43. The first-order valence-corrected chi connectivity index (χ1v) is 11.8. The van der Waals surface area contributed by atoms with Crippen LogP contribution in [0.25, 0.3) is 0 Å². The zero-order valence-corrected chi connectivity index (χ0v) is 12.1. The SMILES string of the molecule is C=C[Si]1(C=C)OC(Cl)C(Cl)C[Si]1(C)C. The van der Waals surface area contributed by atoms with E-state index < -0.39 is 15.4 Å². The van der Waals surface area contributed by atoms with Gasteiger partial charge in [-0.25, -0.2) is 0 Å². The van der Waals surface area contributed by atoms with Crippen LogP contribution in [0.4, 0.5) is 0 Å². The van der Waals surface area contributed by atoms with Crippen molar-refractivity contribution in [3.63, 3.8) is 0 Å². The van der Waals surface area contributed by atoms with E-state index in [1.807, 2.05) is 11.4 Å². The molecule has 0 aromatic heterocycles. The fraction of sp³-hybridized carbons (Fsp3) is 0.556. The van der Waals surface area contributed by atoms with Crippen LogP contribution in [0.5, 0.6) is 0 Å². The quantitative estimate of drug-likeness (QED) is 0.550. The van der Waals surface area contributed by atoms with Gasteiger partial charge in [-0.1, -0.05) is 36.1 Å². The highest BCUT2D eigenvalue weighted by Gasteiger charge is 2.53. The average Bonchev–Trinajstić information content (AvgIpc) is 2.11. The second-order valence-corrected chi connectivity index (χ2v) is 18.5. The summed E-state index contributed by atoms with van der Waals surface area (Å²) in [4.78, 5) is 0. The zero-order valence-electron chi connectivity index (χ0n) is 8.59. The first-order chi connectivity index (χ1) is 6.38. The third kappa shape index (κ3) is 1.88. The summed E-state index contributed by atoms with van der Waals surface area (Å²) in [6, 6.07) is 0.979. The number of hydrogen-bond acceptors (Lipinski definition) is 1. The summed E-state index contributed by atoms with van der Waals surface area (Å²) in [5.41, 5.74) is 3.51. The summed E-state index contributed by atoms with van der Waals surface area (Å²) < 4.78 is 5.90. The normalized spacial score (nSPS) is 34.9. The molecule has 1 nitrogen and oxygen atoms in total. The van der Waals surface area contributed by atoms with Gasteiger partial charge in [-0.2, -0.15) is 0 Å². The Morgan fingerprint density at radius 2 is 1.79 bits per heavy atom. The van der Waals surface area contributed by atoms with Crippen molar-refractivity contribution in [3.05, 3.63) is 24.6 Å². The molecule has 1 heterocycles. The Labute approximate surface area is 97.7 Å². The molecule has 0 radical (unpaired) electrons. The predicted octanol–water partition coefficient (Wildman–Crippen LogP) is 3.37. The lowest BCUT2D eigenvalue weighted by atomic mass is 10.5. The van der Waals surface area contributed by atoms with Crippen molar-refractivity contribution >= 4 is 38.6 Å². The lowest BCUT2D eigenvalue weighted by Gasteiger charge is -2.46. The van der Waals surface area contributed by atoms with Crippen LogP contribution in [0.3, 0.4) is 0 Å². The molecule has 0 amide bonds. The van der Waals surface area contributed by atoms with E-state index in [0.717, 1.165) is 6.04 Å². The molecule has 2 unspecified atom stereocenters. The van der Waals surface area contributed by atoms with Gasteiger partial charge in [0.25, 0.3) is 0 Å². The predicted molar refractivity (Wildman–Crippen MR) is 68.8 cm³/mol. The molecule has 80 valence electrons. The highest BCUT2D eigenvalue weighted by atomic mass is 35.5. The lowest BCUT2D eigenvalue weighted by Crippen LogP contribution is -2.65. The Morgan fingerprint density at radius 1 is 1.29 bits per heavy atom. The van der Waals surface area contributed by atoms with E-state index in [0.29, 0.717) is 0 Å². The van der Waals surface area contributed by atoms with Crippen molar-refractivity contribution in [1.82, 2.24) is 0 Å². The molecular formula is C9H16Cl2OSi2. The molecule has 0 bridgehead atoms. The van der Waals surface area contributed by atoms with Gasteiger partial charge in [0, 0.05) is 0 Å². The van der Waals surface area contributed by atoms with Gasteiger partial charge >= 0.3 is 0 Å². The number of rotatable bonds is 2. The fourth-order valence-corrected chi connectivity index (χ4v) is 14.6. The maximum absolute atomic E-state index is 6.12. The van der Waals surface area contributed by atoms with Crippen molar-refractivity contribution < 1.29 is 4.43 Å². The molecule has 1 saturated heterocycles. The number of halogens is 2. The van der Waals surface area contributed by atoms with Gasteiger partial charge in [-0.15, -0.1) is 24.8 Å². The van der Waals surface area contributed by atoms with Crippen molar-refractivity contribution in [3.8, 4) is 0 Å². The van der Waals surface area contributed by atoms with Crippen LogP contribution in [-0.2, 0) is 4.43 Å². The lowest BCUT2D eigenvalue weighted by molar-refractivity contribution is 0.275. The minimum absolute atomic E-state index is 0.0705. The standard InChI is InChI=1S/C9H16Cl2OSi2/c1-5-14(6-2)12-9(11)8(10)7-13(14,3)4/h5-6,8-9H,1-2,7H2,3-4H3. The summed E-state index contributed by atoms with van der Waals surface area (Å²) >= 11 is 12.2. The molecule has 0 aliphatic carbocycles. The van der Waals surface area contributed by atoms with E-state index in [-0.39, 0.29) is 10.9 Å². The fourth-order valence-electron chi connectivity index (χ4n) is 1.89. The molecular weight excluding hydrogens is 251 g/mol. The Morgan fingerprint density at radius 3 is 2.21 bits per heavy atom. The van der Waals surface area contributed by atoms with Crippen LogP contribution >= 0.6 is 23.2 Å². The van der Waals surface area contributed by atoms with Gasteiger partial charge in [0.05, 0.1) is 13.0 Å². The molecule has 1 fully saturated rings. The zero-order chi connectivity index (χ0) is 11.0. The third-order valence-corrected chi connectivity index (χ3v) is 18.2. The first-order valence-electron chi connectivity index (χ1n) is 4.62. The van der Waals surface area contributed by atoms with E-state index in [1.54, 1.807) is 0 Å². The van der Waals surface area contributed by atoms with Crippen LogP contribution in [0, 0.1) is 0 Å². The Balaban J connectivity index is 3.04. The largest absolute Gasteiger partial charge is 0.395 e. The van der Waals surface area contributed by atoms with E-state index >= 15 is 0 Å². The Kier molecular flexibility index (Phi) is 3.70. The van der Waals surface area contributed by atoms with Gasteiger partial charge in [0.1, 0.15) is 5.56 Å². The molecule has 0 saturated carbocycles.